The van der Waals surface area contributed by atoms with Crippen molar-refractivity contribution in [3.05, 3.63) is 42.1 Å². The number of hydrogen-bond acceptors (Lipinski definition) is 4. The lowest BCUT2D eigenvalue weighted by Crippen LogP contribution is -2.14. The second kappa shape index (κ2) is 4.49. The molecule has 0 spiro atoms. The first-order chi connectivity index (χ1) is 8.49. The van der Waals surface area contributed by atoms with E-state index in [2.05, 4.69) is 14.9 Å². The molecule has 1 aromatic carbocycles. The molecule has 7 nitrogen and oxygen atoms in total. The Bertz CT molecular complexity index is 647. The Balaban J connectivity index is 2.22. The van der Waals surface area contributed by atoms with E-state index in [1.54, 1.807) is 0 Å². The topological polar surface area (TPSA) is 118 Å². The monoisotopic (exact) mass is 266 g/mol. The van der Waals surface area contributed by atoms with Crippen molar-refractivity contribution in [2.24, 2.45) is 5.73 Å². The molecule has 1 amide bonds. The molecule has 1 aromatic heterocycles. The van der Waals surface area contributed by atoms with Crippen LogP contribution < -0.4 is 10.5 Å². The maximum absolute atomic E-state index is 11.8. The summed E-state index contributed by atoms with van der Waals surface area (Å²) in [5.41, 5.74) is 5.71. The molecule has 0 aliphatic heterocycles. The Kier molecular flexibility index (Phi) is 3.02. The first-order valence-electron chi connectivity index (χ1n) is 4.91. The number of primary amides is 1. The van der Waals surface area contributed by atoms with Crippen LogP contribution in [0.4, 0.5) is 5.69 Å². The van der Waals surface area contributed by atoms with Crippen LogP contribution in [0.5, 0.6) is 0 Å². The first-order valence-corrected chi connectivity index (χ1v) is 6.39. The van der Waals surface area contributed by atoms with Gasteiger partial charge in [-0.3, -0.25) is 14.6 Å². The van der Waals surface area contributed by atoms with Crippen LogP contribution in [0.15, 0.2) is 41.6 Å². The number of aromatic nitrogens is 2. The van der Waals surface area contributed by atoms with E-state index in [4.69, 9.17) is 5.73 Å². The summed E-state index contributed by atoms with van der Waals surface area (Å²) in [4.78, 5) is 10.9. The number of sulfonamides is 1. The summed E-state index contributed by atoms with van der Waals surface area (Å²) in [6.07, 6.45) is 1.34. The van der Waals surface area contributed by atoms with Crippen molar-refractivity contribution in [3.8, 4) is 0 Å². The molecule has 94 valence electrons. The van der Waals surface area contributed by atoms with Crippen molar-refractivity contribution in [1.29, 1.82) is 0 Å². The Morgan fingerprint density at radius 2 is 1.89 bits per heavy atom. The third-order valence-electron chi connectivity index (χ3n) is 2.19. The van der Waals surface area contributed by atoms with E-state index >= 15 is 0 Å². The second-order valence-electron chi connectivity index (χ2n) is 3.47. The number of hydrogen-bond donors (Lipinski definition) is 3. The number of anilines is 1. The summed E-state index contributed by atoms with van der Waals surface area (Å²) in [6.45, 7) is 0. The van der Waals surface area contributed by atoms with Gasteiger partial charge in [0, 0.05) is 11.3 Å². The van der Waals surface area contributed by atoms with Crippen molar-refractivity contribution in [2.45, 2.75) is 5.03 Å². The van der Waals surface area contributed by atoms with Crippen LogP contribution in [0, 0.1) is 0 Å². The van der Waals surface area contributed by atoms with Crippen molar-refractivity contribution in [2.75, 3.05) is 4.72 Å². The summed E-state index contributed by atoms with van der Waals surface area (Å²) in [7, 11) is -3.69. The molecule has 4 N–H and O–H groups in total. The van der Waals surface area contributed by atoms with E-state index < -0.39 is 15.9 Å². The van der Waals surface area contributed by atoms with Crippen LogP contribution in [0.3, 0.4) is 0 Å². The van der Waals surface area contributed by atoms with E-state index in [-0.39, 0.29) is 5.03 Å². The van der Waals surface area contributed by atoms with Gasteiger partial charge < -0.3 is 5.73 Å². The van der Waals surface area contributed by atoms with Gasteiger partial charge in [0.15, 0.2) is 5.03 Å². The van der Waals surface area contributed by atoms with Gasteiger partial charge in [0.2, 0.25) is 5.91 Å². The minimum absolute atomic E-state index is 0.0403. The minimum Gasteiger partial charge on any atom is -0.366 e. The highest BCUT2D eigenvalue weighted by molar-refractivity contribution is 7.92. The molecule has 0 saturated carbocycles. The van der Waals surface area contributed by atoms with Gasteiger partial charge in [-0.05, 0) is 30.3 Å². The molecule has 1 heterocycles. The highest BCUT2D eigenvalue weighted by atomic mass is 32.2. The van der Waals surface area contributed by atoms with Crippen LogP contribution in [-0.2, 0) is 10.0 Å². The molecule has 0 unspecified atom stereocenters. The van der Waals surface area contributed by atoms with Gasteiger partial charge in [-0.1, -0.05) is 0 Å². The van der Waals surface area contributed by atoms with E-state index in [1.807, 2.05) is 0 Å². The lowest BCUT2D eigenvalue weighted by Gasteiger charge is -2.06. The Morgan fingerprint density at radius 1 is 1.22 bits per heavy atom. The number of carbonyl (C=O) groups is 1. The SMILES string of the molecule is NC(=O)c1ccc(NS(=O)(=O)c2ccn[nH]2)cc1. The third kappa shape index (κ3) is 2.48. The van der Waals surface area contributed by atoms with Crippen LogP contribution in [-0.4, -0.2) is 24.5 Å². The highest BCUT2D eigenvalue weighted by Crippen LogP contribution is 2.14. The van der Waals surface area contributed by atoms with E-state index in [0.717, 1.165) is 0 Å². The molecule has 2 aromatic rings. The predicted octanol–water partition coefficient (Wildman–Crippen LogP) is 0.309. The molecule has 0 aliphatic rings. The van der Waals surface area contributed by atoms with Gasteiger partial charge in [-0.15, -0.1) is 0 Å². The molecule has 8 heteroatoms. The Hall–Kier alpha value is -2.35. The lowest BCUT2D eigenvalue weighted by molar-refractivity contribution is 0.100. The van der Waals surface area contributed by atoms with Crippen LogP contribution in [0.2, 0.25) is 0 Å². The number of nitrogens with zero attached hydrogens (tertiary/aromatic N) is 1. The van der Waals surface area contributed by atoms with Gasteiger partial charge in [0.05, 0.1) is 6.20 Å². The fraction of sp³-hybridized carbons (Fsp3) is 0. The van der Waals surface area contributed by atoms with E-state index in [9.17, 15) is 13.2 Å². The number of aromatic amines is 1. The van der Waals surface area contributed by atoms with Crippen LogP contribution >= 0.6 is 0 Å². The van der Waals surface area contributed by atoms with Crippen molar-refractivity contribution < 1.29 is 13.2 Å². The molecule has 0 saturated heterocycles. The molecular weight excluding hydrogens is 256 g/mol. The smallest absolute Gasteiger partial charge is 0.278 e. The fourth-order valence-electron chi connectivity index (χ4n) is 1.31. The van der Waals surface area contributed by atoms with Crippen molar-refractivity contribution in [3.63, 3.8) is 0 Å². The number of carbonyl (C=O) groups excluding carboxylic acids is 1. The summed E-state index contributed by atoms with van der Waals surface area (Å²) in [5.74, 6) is -0.571. The normalized spacial score (nSPS) is 11.1. The molecule has 0 radical (unpaired) electrons. The number of rotatable bonds is 4. The van der Waals surface area contributed by atoms with Crippen LogP contribution in [0.1, 0.15) is 10.4 Å². The largest absolute Gasteiger partial charge is 0.366 e. The standard InChI is InChI=1S/C10H10N4O3S/c11-10(15)7-1-3-8(4-2-7)14-18(16,17)9-5-6-12-13-9/h1-6,14H,(H2,11,15)(H,12,13). The first kappa shape index (κ1) is 12.1. The highest BCUT2D eigenvalue weighted by Gasteiger charge is 2.15. The molecule has 0 aliphatic carbocycles. The van der Waals surface area contributed by atoms with Crippen molar-refractivity contribution in [1.82, 2.24) is 10.2 Å². The van der Waals surface area contributed by atoms with Crippen LogP contribution in [0.25, 0.3) is 0 Å². The maximum atomic E-state index is 11.8. The molecule has 2 rings (SSSR count). The summed E-state index contributed by atoms with van der Waals surface area (Å²) >= 11 is 0. The van der Waals surface area contributed by atoms with E-state index in [1.165, 1.54) is 36.5 Å². The third-order valence-corrected chi connectivity index (χ3v) is 3.50. The average molecular weight is 266 g/mol. The molecule has 0 bridgehead atoms. The predicted molar refractivity (Wildman–Crippen MR) is 64.4 cm³/mol. The summed E-state index contributed by atoms with van der Waals surface area (Å²) < 4.78 is 26.0. The van der Waals surface area contributed by atoms with Gasteiger partial charge in [0.1, 0.15) is 0 Å². The number of nitrogens with one attached hydrogen (secondary N) is 2. The van der Waals surface area contributed by atoms with Gasteiger partial charge >= 0.3 is 0 Å². The van der Waals surface area contributed by atoms with Gasteiger partial charge in [0.25, 0.3) is 10.0 Å². The number of H-pyrrole nitrogens is 1. The molecule has 0 fully saturated rings. The fourth-order valence-corrected chi connectivity index (χ4v) is 2.27. The zero-order valence-electron chi connectivity index (χ0n) is 9.12. The average Bonchev–Trinajstić information content (AvgIpc) is 2.83. The summed E-state index contributed by atoms with van der Waals surface area (Å²) in [5, 5.41) is 5.87. The maximum Gasteiger partial charge on any atom is 0.278 e. The van der Waals surface area contributed by atoms with Gasteiger partial charge in [-0.25, -0.2) is 0 Å². The molecule has 18 heavy (non-hydrogen) atoms. The Labute approximate surface area is 103 Å². The lowest BCUT2D eigenvalue weighted by atomic mass is 10.2. The van der Waals surface area contributed by atoms with Gasteiger partial charge in [-0.2, -0.15) is 13.5 Å². The number of amides is 1. The number of benzene rings is 1. The second-order valence-corrected chi connectivity index (χ2v) is 5.12. The quantitative estimate of drug-likeness (QED) is 0.737. The van der Waals surface area contributed by atoms with E-state index in [0.29, 0.717) is 11.3 Å². The molecule has 0 atom stereocenters. The Morgan fingerprint density at radius 3 is 2.39 bits per heavy atom. The molecular formula is C10H10N4O3S. The number of nitrogens with two attached hydrogens (primary N) is 1. The zero-order chi connectivity index (χ0) is 13.2. The van der Waals surface area contributed by atoms with Crippen molar-refractivity contribution >= 4 is 21.6 Å². The summed E-state index contributed by atoms with van der Waals surface area (Å²) in [6, 6.07) is 7.11. The minimum atomic E-state index is -3.69. The zero-order valence-corrected chi connectivity index (χ0v) is 9.94.